The second kappa shape index (κ2) is 4.21. The maximum Gasteiger partial charge on any atom is 0.178 e. The van der Waals surface area contributed by atoms with Crippen LogP contribution in [0.5, 0.6) is 5.06 Å². The summed E-state index contributed by atoms with van der Waals surface area (Å²) in [4.78, 5) is 0. The number of ether oxygens (including phenoxy) is 1. The first-order valence-corrected chi connectivity index (χ1v) is 6.80. The lowest BCUT2D eigenvalue weighted by molar-refractivity contribution is 0.424. The third-order valence-corrected chi connectivity index (χ3v) is 4.25. The lowest BCUT2D eigenvalue weighted by Crippen LogP contribution is -1.82. The van der Waals surface area contributed by atoms with Crippen LogP contribution in [-0.4, -0.2) is 7.11 Å². The molecule has 0 radical (unpaired) electrons. The molecule has 74 valence electrons. The molecule has 4 heteroatoms. The number of hydrogen-bond acceptors (Lipinski definition) is 2. The molecule has 0 aliphatic heterocycles. The molecule has 0 unspecified atom stereocenters. The van der Waals surface area contributed by atoms with E-state index < -0.39 is 0 Å². The molecule has 1 aromatic carbocycles. The van der Waals surface area contributed by atoms with Crippen molar-refractivity contribution in [1.29, 1.82) is 0 Å². The van der Waals surface area contributed by atoms with Crippen LogP contribution < -0.4 is 4.74 Å². The van der Waals surface area contributed by atoms with E-state index in [1.165, 1.54) is 15.6 Å². The molecule has 0 saturated heterocycles. The zero-order valence-corrected chi connectivity index (χ0v) is 11.5. The van der Waals surface area contributed by atoms with Gasteiger partial charge in [-0.15, -0.1) is 0 Å². The molecule has 1 aromatic heterocycles. The molecule has 0 bridgehead atoms. The van der Waals surface area contributed by atoms with Crippen molar-refractivity contribution >= 4 is 53.3 Å². The van der Waals surface area contributed by atoms with Crippen LogP contribution in [0.4, 0.5) is 0 Å². The van der Waals surface area contributed by atoms with E-state index in [0.29, 0.717) is 0 Å². The maximum atomic E-state index is 5.33. The SMILES string of the molecule is COc1sc2cc(Br)ccc2c1CBr. The number of methoxy groups -OCH3 is 1. The summed E-state index contributed by atoms with van der Waals surface area (Å²) < 4.78 is 7.70. The maximum absolute atomic E-state index is 5.33. The summed E-state index contributed by atoms with van der Waals surface area (Å²) >= 11 is 8.63. The minimum absolute atomic E-state index is 0.831. The van der Waals surface area contributed by atoms with Crippen molar-refractivity contribution in [3.8, 4) is 5.06 Å². The van der Waals surface area contributed by atoms with Crippen molar-refractivity contribution in [3.63, 3.8) is 0 Å². The summed E-state index contributed by atoms with van der Waals surface area (Å²) in [6.45, 7) is 0. The van der Waals surface area contributed by atoms with Crippen molar-refractivity contribution in [2.24, 2.45) is 0 Å². The highest BCUT2D eigenvalue weighted by Crippen LogP contribution is 2.39. The van der Waals surface area contributed by atoms with Gasteiger partial charge in [0.2, 0.25) is 0 Å². The quantitative estimate of drug-likeness (QED) is 0.730. The van der Waals surface area contributed by atoms with Crippen LogP contribution in [0.25, 0.3) is 10.1 Å². The number of hydrogen-bond donors (Lipinski definition) is 0. The Morgan fingerprint density at radius 2 is 2.21 bits per heavy atom. The molecular weight excluding hydrogens is 328 g/mol. The third kappa shape index (κ3) is 1.71. The Hall–Kier alpha value is -0.0600. The molecule has 1 nitrogen and oxygen atoms in total. The lowest BCUT2D eigenvalue weighted by Gasteiger charge is -1.97. The van der Waals surface area contributed by atoms with E-state index in [4.69, 9.17) is 4.74 Å². The van der Waals surface area contributed by atoms with Gasteiger partial charge in [0, 0.05) is 25.5 Å². The van der Waals surface area contributed by atoms with Gasteiger partial charge in [0.1, 0.15) is 0 Å². The van der Waals surface area contributed by atoms with Gasteiger partial charge >= 0.3 is 0 Å². The summed E-state index contributed by atoms with van der Waals surface area (Å²) in [6, 6.07) is 6.30. The zero-order valence-electron chi connectivity index (χ0n) is 7.51. The monoisotopic (exact) mass is 334 g/mol. The highest BCUT2D eigenvalue weighted by molar-refractivity contribution is 9.10. The van der Waals surface area contributed by atoms with Crippen molar-refractivity contribution in [3.05, 3.63) is 28.2 Å². The van der Waals surface area contributed by atoms with Crippen LogP contribution in [0.15, 0.2) is 22.7 Å². The lowest BCUT2D eigenvalue weighted by atomic mass is 10.2. The van der Waals surface area contributed by atoms with Crippen molar-refractivity contribution in [1.82, 2.24) is 0 Å². The molecule has 0 atom stereocenters. The number of alkyl halides is 1. The van der Waals surface area contributed by atoms with E-state index >= 15 is 0 Å². The van der Waals surface area contributed by atoms with E-state index in [-0.39, 0.29) is 0 Å². The van der Waals surface area contributed by atoms with E-state index in [0.717, 1.165) is 14.9 Å². The molecule has 1 heterocycles. The highest BCUT2D eigenvalue weighted by atomic mass is 79.9. The number of halogens is 2. The Kier molecular flexibility index (Phi) is 3.14. The molecule has 0 N–H and O–H groups in total. The van der Waals surface area contributed by atoms with Gasteiger partial charge < -0.3 is 4.74 Å². The first kappa shape index (κ1) is 10.5. The van der Waals surface area contributed by atoms with Crippen LogP contribution in [0.2, 0.25) is 0 Å². The molecule has 0 spiro atoms. The molecule has 0 aliphatic carbocycles. The summed E-state index contributed by atoms with van der Waals surface area (Å²) in [5, 5.41) is 3.10. The van der Waals surface area contributed by atoms with E-state index in [1.807, 2.05) is 0 Å². The molecule has 0 aliphatic rings. The number of benzene rings is 1. The van der Waals surface area contributed by atoms with Crippen LogP contribution in [0.3, 0.4) is 0 Å². The van der Waals surface area contributed by atoms with Gasteiger partial charge in [-0.2, -0.15) is 0 Å². The highest BCUT2D eigenvalue weighted by Gasteiger charge is 2.11. The minimum Gasteiger partial charge on any atom is -0.487 e. The number of thiophene rings is 1. The van der Waals surface area contributed by atoms with Gasteiger partial charge in [-0.3, -0.25) is 0 Å². The number of fused-ring (bicyclic) bond motifs is 1. The summed E-state index contributed by atoms with van der Waals surface area (Å²) in [7, 11) is 1.71. The molecule has 2 aromatic rings. The molecule has 2 rings (SSSR count). The largest absolute Gasteiger partial charge is 0.487 e. The Labute approximate surface area is 103 Å². The second-order valence-electron chi connectivity index (χ2n) is 2.85. The standard InChI is InChI=1S/C10H8Br2OS/c1-13-10-8(5-11)7-3-2-6(12)4-9(7)14-10/h2-4H,5H2,1H3. The Balaban J connectivity index is 2.73. The fraction of sp³-hybridized carbons (Fsp3) is 0.200. The van der Waals surface area contributed by atoms with Crippen LogP contribution in [-0.2, 0) is 5.33 Å². The molecule has 0 saturated carbocycles. The Morgan fingerprint density at radius 1 is 1.43 bits per heavy atom. The van der Waals surface area contributed by atoms with Crippen molar-refractivity contribution in [2.45, 2.75) is 5.33 Å². The Bertz CT molecular complexity index is 464. The van der Waals surface area contributed by atoms with Gasteiger partial charge in [-0.1, -0.05) is 49.3 Å². The van der Waals surface area contributed by atoms with Crippen molar-refractivity contribution in [2.75, 3.05) is 7.11 Å². The summed E-state index contributed by atoms with van der Waals surface area (Å²) in [5.41, 5.74) is 1.24. The molecule has 0 amide bonds. The average molecular weight is 336 g/mol. The first-order chi connectivity index (χ1) is 6.76. The smallest absolute Gasteiger partial charge is 0.178 e. The topological polar surface area (TPSA) is 9.23 Å². The average Bonchev–Trinajstić information content (AvgIpc) is 2.54. The van der Waals surface area contributed by atoms with E-state index in [1.54, 1.807) is 18.4 Å². The Morgan fingerprint density at radius 3 is 2.86 bits per heavy atom. The van der Waals surface area contributed by atoms with E-state index in [2.05, 4.69) is 50.1 Å². The van der Waals surface area contributed by atoms with Gasteiger partial charge in [0.15, 0.2) is 5.06 Å². The second-order valence-corrected chi connectivity index (χ2v) is 5.34. The predicted molar refractivity (Wildman–Crippen MR) is 68.7 cm³/mol. The number of rotatable bonds is 2. The van der Waals surface area contributed by atoms with Gasteiger partial charge in [-0.25, -0.2) is 0 Å². The minimum atomic E-state index is 0.831. The molecule has 14 heavy (non-hydrogen) atoms. The fourth-order valence-electron chi connectivity index (χ4n) is 1.39. The first-order valence-electron chi connectivity index (χ1n) is 4.07. The van der Waals surface area contributed by atoms with E-state index in [9.17, 15) is 0 Å². The zero-order chi connectivity index (χ0) is 10.1. The third-order valence-electron chi connectivity index (χ3n) is 2.04. The molecular formula is C10H8Br2OS. The van der Waals surface area contributed by atoms with Crippen LogP contribution in [0, 0.1) is 0 Å². The van der Waals surface area contributed by atoms with Gasteiger partial charge in [0.25, 0.3) is 0 Å². The summed E-state index contributed by atoms with van der Waals surface area (Å²) in [5.74, 6) is 0. The fourth-order valence-corrected chi connectivity index (χ4v) is 3.72. The normalized spacial score (nSPS) is 10.8. The molecule has 0 fully saturated rings. The van der Waals surface area contributed by atoms with Gasteiger partial charge in [-0.05, 0) is 12.1 Å². The predicted octanol–water partition coefficient (Wildman–Crippen LogP) is 4.57. The van der Waals surface area contributed by atoms with Gasteiger partial charge in [0.05, 0.1) is 7.11 Å². The summed E-state index contributed by atoms with van der Waals surface area (Å²) in [6.07, 6.45) is 0. The van der Waals surface area contributed by atoms with Crippen LogP contribution >= 0.6 is 43.2 Å². The van der Waals surface area contributed by atoms with Crippen molar-refractivity contribution < 1.29 is 4.74 Å². The van der Waals surface area contributed by atoms with Crippen LogP contribution in [0.1, 0.15) is 5.56 Å².